The highest BCUT2D eigenvalue weighted by molar-refractivity contribution is 9.09. The van der Waals surface area contributed by atoms with Crippen LogP contribution in [-0.4, -0.2) is 4.83 Å². The molecule has 0 aromatic carbocycles. The zero-order valence-corrected chi connectivity index (χ0v) is 18.5. The Morgan fingerprint density at radius 1 is 0.462 bits per heavy atom. The molecule has 5 rings (SSSR count). The third kappa shape index (κ3) is 2.88. The SMILES string of the molecule is BrC1CCC(C2(C3CCCCC3)C3CCCCC3C3CCCCC32)CC1. The first-order valence-electron chi connectivity index (χ1n) is 12.5. The van der Waals surface area contributed by atoms with E-state index in [1.54, 1.807) is 89.9 Å². The van der Waals surface area contributed by atoms with Gasteiger partial charge in [0.2, 0.25) is 0 Å². The topological polar surface area (TPSA) is 0 Å². The molecule has 5 aliphatic carbocycles. The maximum Gasteiger partial charge on any atom is 0.0146 e. The van der Waals surface area contributed by atoms with Crippen LogP contribution in [0.25, 0.3) is 0 Å². The number of alkyl halides is 1. The molecule has 26 heavy (non-hydrogen) atoms. The minimum atomic E-state index is 0.781. The third-order valence-electron chi connectivity index (χ3n) is 10.1. The van der Waals surface area contributed by atoms with E-state index in [0.717, 1.165) is 45.7 Å². The lowest BCUT2D eigenvalue weighted by Crippen LogP contribution is -2.49. The standard InChI is InChI=1S/C25H41Br/c26-20-16-14-19(15-17-20)25(18-8-2-1-3-9-18)23-12-6-4-10-21(23)22-11-5-7-13-24(22)25/h18-24H,1-17H2. The number of fused-ring (bicyclic) bond motifs is 3. The summed E-state index contributed by atoms with van der Waals surface area (Å²) >= 11 is 3.98. The lowest BCUT2D eigenvalue weighted by atomic mass is 9.49. The molecule has 0 aliphatic heterocycles. The van der Waals surface area contributed by atoms with E-state index in [1.165, 1.54) is 19.3 Å². The van der Waals surface area contributed by atoms with Gasteiger partial charge in [-0.2, -0.15) is 0 Å². The molecule has 0 nitrogen and oxygen atoms in total. The highest BCUT2D eigenvalue weighted by Crippen LogP contribution is 2.71. The molecule has 0 saturated heterocycles. The molecule has 0 aromatic rings. The molecule has 0 radical (unpaired) electrons. The van der Waals surface area contributed by atoms with E-state index in [-0.39, 0.29) is 0 Å². The molecule has 5 fully saturated rings. The molecule has 4 unspecified atom stereocenters. The molecular weight excluding hydrogens is 380 g/mol. The fraction of sp³-hybridized carbons (Fsp3) is 1.00. The zero-order valence-electron chi connectivity index (χ0n) is 16.9. The normalized spacial score (nSPS) is 50.2. The average molecular weight is 422 g/mol. The monoisotopic (exact) mass is 420 g/mol. The molecule has 0 N–H and O–H groups in total. The van der Waals surface area contributed by atoms with Crippen molar-refractivity contribution < 1.29 is 0 Å². The van der Waals surface area contributed by atoms with Gasteiger partial charge in [-0.05, 0) is 105 Å². The average Bonchev–Trinajstić information content (AvgIpc) is 3.01. The van der Waals surface area contributed by atoms with E-state index in [9.17, 15) is 0 Å². The van der Waals surface area contributed by atoms with Crippen molar-refractivity contribution in [2.75, 3.05) is 0 Å². The minimum Gasteiger partial charge on any atom is -0.0891 e. The van der Waals surface area contributed by atoms with Gasteiger partial charge in [0.25, 0.3) is 0 Å². The largest absolute Gasteiger partial charge is 0.0891 e. The first-order valence-corrected chi connectivity index (χ1v) is 13.4. The van der Waals surface area contributed by atoms with Crippen LogP contribution in [0.5, 0.6) is 0 Å². The lowest BCUT2D eigenvalue weighted by molar-refractivity contribution is -0.0731. The first-order chi connectivity index (χ1) is 12.8. The van der Waals surface area contributed by atoms with Gasteiger partial charge in [-0.3, -0.25) is 0 Å². The summed E-state index contributed by atoms with van der Waals surface area (Å²) in [7, 11) is 0. The second-order valence-corrected chi connectivity index (χ2v) is 12.2. The Morgan fingerprint density at radius 3 is 1.50 bits per heavy atom. The van der Waals surface area contributed by atoms with Gasteiger partial charge in [-0.1, -0.05) is 60.9 Å². The summed E-state index contributed by atoms with van der Waals surface area (Å²) in [5.74, 6) is 6.72. The number of hydrogen-bond acceptors (Lipinski definition) is 0. The van der Waals surface area contributed by atoms with Crippen molar-refractivity contribution in [3.05, 3.63) is 0 Å². The fourth-order valence-electron chi connectivity index (χ4n) is 9.56. The molecule has 5 saturated carbocycles. The van der Waals surface area contributed by atoms with E-state index in [1.807, 2.05) is 0 Å². The quantitative estimate of drug-likeness (QED) is 0.395. The van der Waals surface area contributed by atoms with Gasteiger partial charge < -0.3 is 0 Å². The third-order valence-corrected chi connectivity index (χ3v) is 11.1. The van der Waals surface area contributed by atoms with Gasteiger partial charge in [0.05, 0.1) is 0 Å². The minimum absolute atomic E-state index is 0.781. The Kier molecular flexibility index (Phi) is 5.49. The van der Waals surface area contributed by atoms with Crippen molar-refractivity contribution in [2.24, 2.45) is 40.9 Å². The predicted octanol–water partition coefficient (Wildman–Crippen LogP) is 8.13. The molecule has 0 amide bonds. The second-order valence-electron chi connectivity index (χ2n) is 10.9. The molecule has 0 bridgehead atoms. The summed E-state index contributed by atoms with van der Waals surface area (Å²) in [5, 5.41) is 0. The van der Waals surface area contributed by atoms with Gasteiger partial charge >= 0.3 is 0 Å². The van der Waals surface area contributed by atoms with Crippen molar-refractivity contribution >= 4 is 15.9 Å². The van der Waals surface area contributed by atoms with Crippen molar-refractivity contribution in [2.45, 2.75) is 114 Å². The van der Waals surface area contributed by atoms with Crippen molar-refractivity contribution in [1.29, 1.82) is 0 Å². The van der Waals surface area contributed by atoms with Crippen molar-refractivity contribution in [1.82, 2.24) is 0 Å². The molecule has 1 heteroatoms. The van der Waals surface area contributed by atoms with Crippen LogP contribution in [0, 0.1) is 40.9 Å². The number of hydrogen-bond donors (Lipinski definition) is 0. The van der Waals surface area contributed by atoms with Gasteiger partial charge in [0.1, 0.15) is 0 Å². The first kappa shape index (κ1) is 18.5. The second kappa shape index (κ2) is 7.72. The smallest absolute Gasteiger partial charge is 0.0146 e. The van der Waals surface area contributed by atoms with Crippen LogP contribution in [0.2, 0.25) is 0 Å². The van der Waals surface area contributed by atoms with Crippen molar-refractivity contribution in [3.8, 4) is 0 Å². The zero-order chi connectivity index (χ0) is 17.6. The van der Waals surface area contributed by atoms with Crippen LogP contribution >= 0.6 is 15.9 Å². The van der Waals surface area contributed by atoms with Gasteiger partial charge in [0, 0.05) is 4.83 Å². The summed E-state index contributed by atoms with van der Waals surface area (Å²) in [6.07, 6.45) is 26.5. The predicted molar refractivity (Wildman–Crippen MR) is 115 cm³/mol. The highest BCUT2D eigenvalue weighted by atomic mass is 79.9. The van der Waals surface area contributed by atoms with Crippen LogP contribution in [-0.2, 0) is 0 Å². The maximum atomic E-state index is 3.98. The van der Waals surface area contributed by atoms with Gasteiger partial charge in [-0.15, -0.1) is 0 Å². The molecular formula is C25H41Br. The Balaban J connectivity index is 1.56. The van der Waals surface area contributed by atoms with E-state index < -0.39 is 0 Å². The molecule has 5 aliphatic rings. The Morgan fingerprint density at radius 2 is 0.923 bits per heavy atom. The molecule has 0 spiro atoms. The van der Waals surface area contributed by atoms with E-state index >= 15 is 0 Å². The summed E-state index contributed by atoms with van der Waals surface area (Å²) in [6.45, 7) is 0. The van der Waals surface area contributed by atoms with Crippen LogP contribution in [0.15, 0.2) is 0 Å². The summed E-state index contributed by atoms with van der Waals surface area (Å²) in [4.78, 5) is 0.827. The summed E-state index contributed by atoms with van der Waals surface area (Å²) in [5.41, 5.74) is 0.781. The van der Waals surface area contributed by atoms with Crippen molar-refractivity contribution in [3.63, 3.8) is 0 Å². The van der Waals surface area contributed by atoms with E-state index in [0.29, 0.717) is 0 Å². The van der Waals surface area contributed by atoms with Crippen LogP contribution in [0.1, 0.15) is 109 Å². The number of rotatable bonds is 2. The molecule has 0 aromatic heterocycles. The van der Waals surface area contributed by atoms with Gasteiger partial charge in [0.15, 0.2) is 0 Å². The maximum absolute atomic E-state index is 3.98. The Hall–Kier alpha value is 0.480. The molecule has 4 atom stereocenters. The van der Waals surface area contributed by atoms with Crippen LogP contribution in [0.3, 0.4) is 0 Å². The van der Waals surface area contributed by atoms with E-state index in [4.69, 9.17) is 0 Å². The fourth-order valence-corrected chi connectivity index (χ4v) is 10.1. The summed E-state index contributed by atoms with van der Waals surface area (Å²) < 4.78 is 0. The molecule has 148 valence electrons. The van der Waals surface area contributed by atoms with Crippen LogP contribution < -0.4 is 0 Å². The Bertz CT molecular complexity index is 449. The highest BCUT2D eigenvalue weighted by Gasteiger charge is 2.64. The van der Waals surface area contributed by atoms with Crippen LogP contribution in [0.4, 0.5) is 0 Å². The molecule has 0 heterocycles. The number of halogens is 1. The summed E-state index contributed by atoms with van der Waals surface area (Å²) in [6, 6.07) is 0. The Labute approximate surface area is 170 Å². The lowest BCUT2D eigenvalue weighted by Gasteiger charge is -2.56. The van der Waals surface area contributed by atoms with Gasteiger partial charge in [-0.25, -0.2) is 0 Å². The van der Waals surface area contributed by atoms with E-state index in [2.05, 4.69) is 15.9 Å².